The maximum absolute atomic E-state index is 10.3. The average molecular weight is 195 g/mol. The molecule has 0 saturated carbocycles. The number of anilines is 1. The van der Waals surface area contributed by atoms with Crippen LogP contribution < -0.4 is 11.5 Å². The first-order valence-electron chi connectivity index (χ1n) is 4.28. The lowest BCUT2D eigenvalue weighted by molar-refractivity contribution is -0.137. The van der Waals surface area contributed by atoms with E-state index in [0.29, 0.717) is 12.2 Å². The lowest BCUT2D eigenvalue weighted by Gasteiger charge is -2.09. The molecule has 1 unspecified atom stereocenters. The smallest absolute Gasteiger partial charge is 0.303 e. The van der Waals surface area contributed by atoms with E-state index in [9.17, 15) is 4.79 Å². The summed E-state index contributed by atoms with van der Waals surface area (Å²) in [6.07, 6.45) is 2.04. The molecular formula is C9H13N3O2. The molecule has 5 heteroatoms. The largest absolute Gasteiger partial charge is 0.481 e. The Morgan fingerprint density at radius 1 is 1.57 bits per heavy atom. The molecule has 0 amide bonds. The number of aromatic nitrogens is 1. The molecule has 0 aromatic carbocycles. The summed E-state index contributed by atoms with van der Waals surface area (Å²) in [5, 5.41) is 8.46. The second-order valence-electron chi connectivity index (χ2n) is 3.06. The van der Waals surface area contributed by atoms with E-state index in [1.165, 1.54) is 0 Å². The average Bonchev–Trinajstić information content (AvgIpc) is 2.15. The number of nitrogens with two attached hydrogens (primary N) is 2. The van der Waals surface area contributed by atoms with Crippen LogP contribution in [0.2, 0.25) is 0 Å². The maximum Gasteiger partial charge on any atom is 0.303 e. The molecule has 5 nitrogen and oxygen atoms in total. The number of nitrogens with zero attached hydrogens (tertiary/aromatic N) is 1. The number of nitrogen functional groups attached to an aromatic ring is 1. The van der Waals surface area contributed by atoms with Gasteiger partial charge in [0, 0.05) is 18.7 Å². The number of hydrogen-bond acceptors (Lipinski definition) is 4. The van der Waals surface area contributed by atoms with Crippen LogP contribution in [0, 0.1) is 0 Å². The maximum atomic E-state index is 10.3. The topological polar surface area (TPSA) is 102 Å². The van der Waals surface area contributed by atoms with Crippen molar-refractivity contribution in [1.29, 1.82) is 0 Å². The molecule has 0 radical (unpaired) electrons. The number of aliphatic carboxylic acids is 1. The minimum absolute atomic E-state index is 0.0611. The molecular weight excluding hydrogens is 182 g/mol. The van der Waals surface area contributed by atoms with E-state index in [2.05, 4.69) is 4.98 Å². The monoisotopic (exact) mass is 195 g/mol. The second-order valence-corrected chi connectivity index (χ2v) is 3.06. The van der Waals surface area contributed by atoms with Gasteiger partial charge < -0.3 is 16.6 Å². The molecule has 76 valence electrons. The Bertz CT molecular complexity index is 310. The number of carbonyl (C=O) groups is 1. The van der Waals surface area contributed by atoms with Crippen molar-refractivity contribution >= 4 is 11.8 Å². The summed E-state index contributed by atoms with van der Waals surface area (Å²) in [6, 6.07) is 3.12. The van der Waals surface area contributed by atoms with Crippen LogP contribution in [0.4, 0.5) is 5.82 Å². The summed E-state index contributed by atoms with van der Waals surface area (Å²) >= 11 is 0. The molecule has 0 bridgehead atoms. The zero-order valence-electron chi connectivity index (χ0n) is 7.68. The number of pyridine rings is 1. The van der Waals surface area contributed by atoms with E-state index in [-0.39, 0.29) is 12.5 Å². The first-order valence-corrected chi connectivity index (χ1v) is 4.28. The van der Waals surface area contributed by atoms with E-state index >= 15 is 0 Å². The van der Waals surface area contributed by atoms with Gasteiger partial charge in [-0.3, -0.25) is 4.79 Å². The number of carboxylic acids is 1. The minimum atomic E-state index is -0.844. The quantitative estimate of drug-likeness (QED) is 0.650. The molecule has 1 aromatic heterocycles. The van der Waals surface area contributed by atoms with Crippen LogP contribution in [0.15, 0.2) is 18.3 Å². The highest BCUT2D eigenvalue weighted by atomic mass is 16.4. The van der Waals surface area contributed by atoms with Gasteiger partial charge in [-0.25, -0.2) is 4.98 Å². The van der Waals surface area contributed by atoms with Gasteiger partial charge in [0.15, 0.2) is 0 Å². The van der Waals surface area contributed by atoms with Crippen molar-refractivity contribution in [1.82, 2.24) is 4.98 Å². The Morgan fingerprint density at radius 2 is 2.29 bits per heavy atom. The van der Waals surface area contributed by atoms with Crippen molar-refractivity contribution in [2.75, 3.05) is 5.73 Å². The molecule has 5 N–H and O–H groups in total. The van der Waals surface area contributed by atoms with E-state index in [0.717, 1.165) is 5.56 Å². The van der Waals surface area contributed by atoms with Crippen molar-refractivity contribution in [3.63, 3.8) is 0 Å². The van der Waals surface area contributed by atoms with Crippen LogP contribution >= 0.6 is 0 Å². The molecule has 0 spiro atoms. The van der Waals surface area contributed by atoms with Crippen LogP contribution in [0.5, 0.6) is 0 Å². The number of hydrogen-bond donors (Lipinski definition) is 3. The van der Waals surface area contributed by atoms with E-state index in [4.69, 9.17) is 16.6 Å². The second kappa shape index (κ2) is 4.57. The van der Waals surface area contributed by atoms with E-state index in [1.54, 1.807) is 18.3 Å². The third kappa shape index (κ3) is 3.02. The van der Waals surface area contributed by atoms with Crippen LogP contribution in [0.1, 0.15) is 24.4 Å². The Labute approximate surface area is 81.7 Å². The predicted octanol–water partition coefficient (Wildman–Crippen LogP) is 0.528. The van der Waals surface area contributed by atoms with Crippen molar-refractivity contribution < 1.29 is 9.90 Å². The predicted molar refractivity (Wildman–Crippen MR) is 52.4 cm³/mol. The fourth-order valence-corrected chi connectivity index (χ4v) is 1.08. The van der Waals surface area contributed by atoms with Gasteiger partial charge in [-0.1, -0.05) is 6.07 Å². The SMILES string of the molecule is Nc1ccc(C(N)CCC(=O)O)cn1. The normalized spacial score (nSPS) is 12.4. The highest BCUT2D eigenvalue weighted by Gasteiger charge is 2.08. The third-order valence-corrected chi connectivity index (χ3v) is 1.91. The minimum Gasteiger partial charge on any atom is -0.481 e. The molecule has 1 heterocycles. The summed E-state index contributed by atoms with van der Waals surface area (Å²) in [4.78, 5) is 14.2. The standard InChI is InChI=1S/C9H13N3O2/c10-7(2-4-9(13)14)6-1-3-8(11)12-5-6/h1,3,5,7H,2,4,10H2,(H2,11,12)(H,13,14). The van der Waals surface area contributed by atoms with Gasteiger partial charge in [0.1, 0.15) is 5.82 Å². The molecule has 0 aliphatic carbocycles. The van der Waals surface area contributed by atoms with Crippen molar-refractivity contribution in [2.45, 2.75) is 18.9 Å². The molecule has 1 atom stereocenters. The molecule has 0 aliphatic heterocycles. The van der Waals surface area contributed by atoms with Crippen molar-refractivity contribution in [2.24, 2.45) is 5.73 Å². The van der Waals surface area contributed by atoms with Gasteiger partial charge in [-0.15, -0.1) is 0 Å². The summed E-state index contributed by atoms with van der Waals surface area (Å²) < 4.78 is 0. The third-order valence-electron chi connectivity index (χ3n) is 1.91. The Morgan fingerprint density at radius 3 is 2.79 bits per heavy atom. The first-order chi connectivity index (χ1) is 6.59. The van der Waals surface area contributed by atoms with Gasteiger partial charge in [-0.05, 0) is 18.1 Å². The zero-order valence-corrected chi connectivity index (χ0v) is 7.68. The van der Waals surface area contributed by atoms with E-state index in [1.807, 2.05) is 0 Å². The van der Waals surface area contributed by atoms with Crippen LogP contribution in [-0.2, 0) is 4.79 Å². The zero-order chi connectivity index (χ0) is 10.6. The molecule has 0 fully saturated rings. The van der Waals surface area contributed by atoms with Crippen LogP contribution in [0.25, 0.3) is 0 Å². The Hall–Kier alpha value is -1.62. The fraction of sp³-hybridized carbons (Fsp3) is 0.333. The molecule has 0 aliphatic rings. The molecule has 0 saturated heterocycles. The highest BCUT2D eigenvalue weighted by Crippen LogP contribution is 2.15. The molecule has 1 aromatic rings. The lowest BCUT2D eigenvalue weighted by atomic mass is 10.1. The van der Waals surface area contributed by atoms with Crippen molar-refractivity contribution in [3.8, 4) is 0 Å². The molecule has 1 rings (SSSR count). The fourth-order valence-electron chi connectivity index (χ4n) is 1.08. The Balaban J connectivity index is 2.56. The first kappa shape index (κ1) is 10.5. The molecule has 14 heavy (non-hydrogen) atoms. The van der Waals surface area contributed by atoms with Crippen molar-refractivity contribution in [3.05, 3.63) is 23.9 Å². The Kier molecular flexibility index (Phi) is 3.41. The lowest BCUT2D eigenvalue weighted by Crippen LogP contribution is -2.12. The van der Waals surface area contributed by atoms with Gasteiger partial charge in [0.05, 0.1) is 0 Å². The van der Waals surface area contributed by atoms with E-state index < -0.39 is 5.97 Å². The number of carboxylic acid groups (broad SMARTS) is 1. The van der Waals surface area contributed by atoms with Crippen LogP contribution in [-0.4, -0.2) is 16.1 Å². The van der Waals surface area contributed by atoms with Gasteiger partial charge in [0.2, 0.25) is 0 Å². The van der Waals surface area contributed by atoms with Gasteiger partial charge in [-0.2, -0.15) is 0 Å². The highest BCUT2D eigenvalue weighted by molar-refractivity contribution is 5.66. The van der Waals surface area contributed by atoms with Crippen LogP contribution in [0.3, 0.4) is 0 Å². The van der Waals surface area contributed by atoms with Gasteiger partial charge >= 0.3 is 5.97 Å². The summed E-state index contributed by atoms with van der Waals surface area (Å²) in [5.41, 5.74) is 12.0. The summed E-state index contributed by atoms with van der Waals surface area (Å²) in [5.74, 6) is -0.414. The summed E-state index contributed by atoms with van der Waals surface area (Å²) in [6.45, 7) is 0. The summed E-state index contributed by atoms with van der Waals surface area (Å²) in [7, 11) is 0. The van der Waals surface area contributed by atoms with Gasteiger partial charge in [0.25, 0.3) is 0 Å². The number of rotatable bonds is 4.